The Balaban J connectivity index is 0.00000196. The number of carbonyl (C=O) groups excluding carboxylic acids is 1. The predicted octanol–water partition coefficient (Wildman–Crippen LogP) is 3.13. The predicted molar refractivity (Wildman–Crippen MR) is 118 cm³/mol. The van der Waals surface area contributed by atoms with Gasteiger partial charge in [-0.05, 0) is 55.8 Å². The highest BCUT2D eigenvalue weighted by Gasteiger charge is 2.38. The molecule has 2 aliphatic rings. The number of ether oxygens (including phenoxy) is 1. The summed E-state index contributed by atoms with van der Waals surface area (Å²) in [6, 6.07) is 8.46. The van der Waals surface area contributed by atoms with Crippen LogP contribution in [0.4, 0.5) is 0 Å². The average molecular weight is 432 g/mol. The number of amides is 1. The van der Waals surface area contributed by atoms with Gasteiger partial charge in [0.25, 0.3) is 0 Å². The second-order valence-electron chi connectivity index (χ2n) is 8.01. The van der Waals surface area contributed by atoms with E-state index in [1.54, 1.807) is 0 Å². The summed E-state index contributed by atoms with van der Waals surface area (Å²) >= 11 is 0. The Morgan fingerprint density at radius 2 is 1.79 bits per heavy atom. The Labute approximate surface area is 181 Å². The molecule has 28 heavy (non-hydrogen) atoms. The first-order valence-electron chi connectivity index (χ1n) is 9.98. The summed E-state index contributed by atoms with van der Waals surface area (Å²) in [6.07, 6.45) is 3.98. The summed E-state index contributed by atoms with van der Waals surface area (Å²) < 4.78 is 5.41. The number of nitrogens with two attached hydrogens (primary N) is 1. The van der Waals surface area contributed by atoms with Crippen LogP contribution in [-0.2, 0) is 22.6 Å². The molecule has 160 valence electrons. The molecule has 5 nitrogen and oxygen atoms in total. The molecule has 3 N–H and O–H groups in total. The van der Waals surface area contributed by atoms with Gasteiger partial charge in [0.2, 0.25) is 5.91 Å². The van der Waals surface area contributed by atoms with Crippen molar-refractivity contribution in [3.63, 3.8) is 0 Å². The standard InChI is InChI=1S/C21H33N3O2.2ClH/c1-17-6-10-24(11-7-17)15-19-5-3-2-4-18(19)14-23-20(25)21(16-22)8-12-26-13-9-21;;/h2-5,17H,6-16,22H2,1H3,(H,23,25);2*1H. The zero-order valence-corrected chi connectivity index (χ0v) is 18.5. The van der Waals surface area contributed by atoms with E-state index in [-0.39, 0.29) is 30.7 Å². The SMILES string of the molecule is CC1CCN(Cc2ccccc2CNC(=O)C2(CN)CCOCC2)CC1.Cl.Cl. The Kier molecular flexibility index (Phi) is 10.8. The number of hydrogen-bond acceptors (Lipinski definition) is 4. The lowest BCUT2D eigenvalue weighted by Gasteiger charge is -2.34. The maximum Gasteiger partial charge on any atom is 0.227 e. The lowest BCUT2D eigenvalue weighted by molar-refractivity contribution is -0.136. The van der Waals surface area contributed by atoms with Gasteiger partial charge < -0.3 is 15.8 Å². The van der Waals surface area contributed by atoms with Crippen molar-refractivity contribution < 1.29 is 9.53 Å². The summed E-state index contributed by atoms with van der Waals surface area (Å²) in [5.74, 6) is 0.914. The molecule has 1 aromatic rings. The lowest BCUT2D eigenvalue weighted by Crippen LogP contribution is -2.49. The zero-order valence-electron chi connectivity index (χ0n) is 16.8. The topological polar surface area (TPSA) is 67.6 Å². The molecule has 7 heteroatoms. The molecule has 0 atom stereocenters. The van der Waals surface area contributed by atoms with Crippen molar-refractivity contribution in [3.05, 3.63) is 35.4 Å². The van der Waals surface area contributed by atoms with E-state index in [1.807, 2.05) is 0 Å². The first kappa shape index (κ1) is 25.2. The highest BCUT2D eigenvalue weighted by atomic mass is 35.5. The third kappa shape index (κ3) is 6.33. The molecule has 0 spiro atoms. The fourth-order valence-corrected chi connectivity index (χ4v) is 3.99. The van der Waals surface area contributed by atoms with E-state index >= 15 is 0 Å². The second-order valence-corrected chi connectivity index (χ2v) is 8.01. The van der Waals surface area contributed by atoms with Gasteiger partial charge >= 0.3 is 0 Å². The van der Waals surface area contributed by atoms with Gasteiger partial charge in [-0.1, -0.05) is 31.2 Å². The van der Waals surface area contributed by atoms with Crippen LogP contribution in [0.15, 0.2) is 24.3 Å². The van der Waals surface area contributed by atoms with E-state index < -0.39 is 5.41 Å². The van der Waals surface area contributed by atoms with E-state index in [0.29, 0.717) is 39.1 Å². The van der Waals surface area contributed by atoms with E-state index in [0.717, 1.165) is 25.6 Å². The van der Waals surface area contributed by atoms with E-state index in [4.69, 9.17) is 10.5 Å². The Morgan fingerprint density at radius 1 is 1.18 bits per heavy atom. The number of benzene rings is 1. The van der Waals surface area contributed by atoms with Crippen LogP contribution >= 0.6 is 24.8 Å². The average Bonchev–Trinajstić information content (AvgIpc) is 2.69. The third-order valence-electron chi connectivity index (χ3n) is 6.15. The van der Waals surface area contributed by atoms with Crippen LogP contribution in [0.1, 0.15) is 43.7 Å². The highest BCUT2D eigenvalue weighted by Crippen LogP contribution is 2.29. The lowest BCUT2D eigenvalue weighted by atomic mass is 9.79. The molecule has 2 heterocycles. The van der Waals surface area contributed by atoms with Crippen LogP contribution in [0.3, 0.4) is 0 Å². The van der Waals surface area contributed by atoms with Gasteiger partial charge in [0.15, 0.2) is 0 Å². The summed E-state index contributed by atoms with van der Waals surface area (Å²) in [6.45, 7) is 7.83. The Hall–Kier alpha value is -0.850. The molecular formula is C21H35Cl2N3O2. The monoisotopic (exact) mass is 431 g/mol. The smallest absolute Gasteiger partial charge is 0.227 e. The minimum atomic E-state index is -0.462. The minimum Gasteiger partial charge on any atom is -0.381 e. The van der Waals surface area contributed by atoms with Crippen molar-refractivity contribution in [1.82, 2.24) is 10.2 Å². The minimum absolute atomic E-state index is 0. The van der Waals surface area contributed by atoms with Crippen molar-refractivity contribution in [1.29, 1.82) is 0 Å². The van der Waals surface area contributed by atoms with Gasteiger partial charge in [0, 0.05) is 32.8 Å². The number of halogens is 2. The van der Waals surface area contributed by atoms with E-state index in [1.165, 1.54) is 24.0 Å². The van der Waals surface area contributed by atoms with Gasteiger partial charge in [0.1, 0.15) is 0 Å². The number of piperidine rings is 1. The summed E-state index contributed by atoms with van der Waals surface area (Å²) in [4.78, 5) is 15.3. The molecule has 0 radical (unpaired) electrons. The Bertz CT molecular complexity index is 601. The maximum absolute atomic E-state index is 12.8. The van der Waals surface area contributed by atoms with Crippen molar-refractivity contribution >= 4 is 30.7 Å². The van der Waals surface area contributed by atoms with Crippen LogP contribution in [0.2, 0.25) is 0 Å². The van der Waals surface area contributed by atoms with Crippen molar-refractivity contribution in [2.75, 3.05) is 32.8 Å². The number of carbonyl (C=O) groups is 1. The maximum atomic E-state index is 12.8. The molecule has 2 saturated heterocycles. The van der Waals surface area contributed by atoms with Gasteiger partial charge in [0.05, 0.1) is 5.41 Å². The molecule has 2 aliphatic heterocycles. The summed E-state index contributed by atoms with van der Waals surface area (Å²) in [5, 5.41) is 3.15. The molecule has 0 aromatic heterocycles. The number of rotatable bonds is 6. The van der Waals surface area contributed by atoms with Gasteiger partial charge in [-0.25, -0.2) is 0 Å². The normalized spacial score (nSPS) is 19.9. The molecule has 1 amide bonds. The fraction of sp³-hybridized carbons (Fsp3) is 0.667. The summed E-state index contributed by atoms with van der Waals surface area (Å²) in [7, 11) is 0. The molecule has 0 bridgehead atoms. The number of likely N-dealkylation sites (tertiary alicyclic amines) is 1. The molecular weight excluding hydrogens is 397 g/mol. The van der Waals surface area contributed by atoms with Crippen LogP contribution in [0.5, 0.6) is 0 Å². The second kappa shape index (κ2) is 12.0. The number of nitrogens with one attached hydrogen (secondary N) is 1. The fourth-order valence-electron chi connectivity index (χ4n) is 3.99. The van der Waals surface area contributed by atoms with Crippen LogP contribution < -0.4 is 11.1 Å². The Morgan fingerprint density at radius 3 is 2.39 bits per heavy atom. The molecule has 0 saturated carbocycles. The molecule has 0 unspecified atom stereocenters. The van der Waals surface area contributed by atoms with Gasteiger partial charge in [-0.15, -0.1) is 24.8 Å². The molecule has 3 rings (SSSR count). The zero-order chi connectivity index (χ0) is 18.4. The van der Waals surface area contributed by atoms with Crippen LogP contribution in [0, 0.1) is 11.3 Å². The van der Waals surface area contributed by atoms with Crippen molar-refractivity contribution in [2.24, 2.45) is 17.1 Å². The first-order valence-corrected chi connectivity index (χ1v) is 9.98. The van der Waals surface area contributed by atoms with E-state index in [2.05, 4.69) is 41.4 Å². The largest absolute Gasteiger partial charge is 0.381 e. The summed E-state index contributed by atoms with van der Waals surface area (Å²) in [5.41, 5.74) is 8.01. The quantitative estimate of drug-likeness (QED) is 0.725. The van der Waals surface area contributed by atoms with Crippen molar-refractivity contribution in [3.8, 4) is 0 Å². The van der Waals surface area contributed by atoms with Gasteiger partial charge in [-0.2, -0.15) is 0 Å². The van der Waals surface area contributed by atoms with Crippen molar-refractivity contribution in [2.45, 2.75) is 45.7 Å². The third-order valence-corrected chi connectivity index (χ3v) is 6.15. The van der Waals surface area contributed by atoms with Crippen LogP contribution in [-0.4, -0.2) is 43.7 Å². The van der Waals surface area contributed by atoms with Crippen LogP contribution in [0.25, 0.3) is 0 Å². The first-order chi connectivity index (χ1) is 12.6. The number of hydrogen-bond donors (Lipinski definition) is 2. The molecule has 2 fully saturated rings. The number of nitrogens with zero attached hydrogens (tertiary/aromatic N) is 1. The molecule has 1 aromatic carbocycles. The molecule has 0 aliphatic carbocycles. The van der Waals surface area contributed by atoms with E-state index in [9.17, 15) is 4.79 Å². The van der Waals surface area contributed by atoms with Gasteiger partial charge in [-0.3, -0.25) is 9.69 Å². The highest BCUT2D eigenvalue weighted by molar-refractivity contribution is 5.85.